The first-order chi connectivity index (χ1) is 10.1. The number of benzene rings is 1. The summed E-state index contributed by atoms with van der Waals surface area (Å²) in [4.78, 5) is 10.1. The molecule has 5 heteroatoms. The van der Waals surface area contributed by atoms with Gasteiger partial charge in [-0.15, -0.1) is 0 Å². The highest BCUT2D eigenvalue weighted by Gasteiger charge is 2.29. The Morgan fingerprint density at radius 2 is 1.43 bits per heavy atom. The van der Waals surface area contributed by atoms with Crippen molar-refractivity contribution in [3.8, 4) is 5.75 Å². The van der Waals surface area contributed by atoms with Crippen molar-refractivity contribution in [2.45, 2.75) is 78.5 Å². The smallest absolute Gasteiger partial charge is 0.332 e. The average molecular weight is 342 g/mol. The van der Waals surface area contributed by atoms with E-state index >= 15 is 0 Å². The minimum atomic E-state index is -3.71. The Kier molecular flexibility index (Phi) is 5.79. The molecule has 0 aliphatic heterocycles. The van der Waals surface area contributed by atoms with E-state index in [9.17, 15) is 14.6 Å². The SMILES string of the molecule is CC(C)OP(=O)(O)Cc1cc(C(C)(C)C)c(O)c(C(C)(C)C)c1. The lowest BCUT2D eigenvalue weighted by molar-refractivity contribution is 0.204. The summed E-state index contributed by atoms with van der Waals surface area (Å²) in [5, 5.41) is 10.7. The lowest BCUT2D eigenvalue weighted by atomic mass is 9.78. The van der Waals surface area contributed by atoms with Gasteiger partial charge in [0, 0.05) is 0 Å². The summed E-state index contributed by atoms with van der Waals surface area (Å²) < 4.78 is 17.4. The Hall–Kier alpha value is -0.830. The molecule has 2 N–H and O–H groups in total. The highest BCUT2D eigenvalue weighted by Crippen LogP contribution is 2.49. The molecule has 1 atom stereocenters. The number of phenolic OH excluding ortho intramolecular Hbond substituents is 1. The maximum atomic E-state index is 12.3. The summed E-state index contributed by atoms with van der Waals surface area (Å²) in [5.41, 5.74) is 1.75. The van der Waals surface area contributed by atoms with E-state index in [0.717, 1.165) is 11.1 Å². The van der Waals surface area contributed by atoms with Gasteiger partial charge in [-0.25, -0.2) is 0 Å². The molecule has 0 spiro atoms. The van der Waals surface area contributed by atoms with Gasteiger partial charge in [0.1, 0.15) is 5.75 Å². The van der Waals surface area contributed by atoms with Crippen LogP contribution in [-0.2, 0) is 26.1 Å². The van der Waals surface area contributed by atoms with Gasteiger partial charge in [0.2, 0.25) is 0 Å². The summed E-state index contributed by atoms with van der Waals surface area (Å²) in [7, 11) is -3.71. The van der Waals surface area contributed by atoms with E-state index < -0.39 is 7.60 Å². The second-order valence-corrected chi connectivity index (χ2v) is 10.3. The molecule has 23 heavy (non-hydrogen) atoms. The molecule has 0 fully saturated rings. The Morgan fingerprint density at radius 3 is 1.74 bits per heavy atom. The van der Waals surface area contributed by atoms with Crippen LogP contribution in [0.3, 0.4) is 0 Å². The normalized spacial score (nSPS) is 15.7. The van der Waals surface area contributed by atoms with Crippen LogP contribution in [0.2, 0.25) is 0 Å². The first kappa shape index (κ1) is 20.2. The van der Waals surface area contributed by atoms with Crippen LogP contribution >= 0.6 is 7.60 Å². The van der Waals surface area contributed by atoms with E-state index in [1.807, 2.05) is 53.7 Å². The lowest BCUT2D eigenvalue weighted by Gasteiger charge is -2.28. The van der Waals surface area contributed by atoms with Crippen LogP contribution in [-0.4, -0.2) is 16.1 Å². The fourth-order valence-electron chi connectivity index (χ4n) is 2.53. The zero-order valence-electron chi connectivity index (χ0n) is 15.6. The molecule has 0 aromatic heterocycles. The number of hydrogen-bond donors (Lipinski definition) is 2. The van der Waals surface area contributed by atoms with Crippen LogP contribution in [0.1, 0.15) is 72.1 Å². The van der Waals surface area contributed by atoms with Crippen molar-refractivity contribution in [1.29, 1.82) is 0 Å². The fourth-order valence-corrected chi connectivity index (χ4v) is 3.90. The standard InChI is InChI=1S/C18H31O4P/c1-12(2)22-23(20,21)11-13-9-14(17(3,4)5)16(19)15(10-13)18(6,7)8/h9-10,12,19H,11H2,1-8H3,(H,20,21). The van der Waals surface area contributed by atoms with Crippen molar-refractivity contribution in [2.75, 3.05) is 0 Å². The predicted molar refractivity (Wildman–Crippen MR) is 95.3 cm³/mol. The van der Waals surface area contributed by atoms with Crippen molar-refractivity contribution >= 4 is 7.60 Å². The van der Waals surface area contributed by atoms with E-state index in [2.05, 4.69) is 0 Å². The molecule has 0 bridgehead atoms. The highest BCUT2D eigenvalue weighted by atomic mass is 31.2. The number of phenols is 1. The Morgan fingerprint density at radius 1 is 1.04 bits per heavy atom. The highest BCUT2D eigenvalue weighted by molar-refractivity contribution is 7.51. The van der Waals surface area contributed by atoms with Gasteiger partial charge in [-0.05, 0) is 41.4 Å². The van der Waals surface area contributed by atoms with Crippen molar-refractivity contribution in [2.24, 2.45) is 0 Å². The molecule has 0 heterocycles. The first-order valence-electron chi connectivity index (χ1n) is 8.00. The molecule has 0 amide bonds. The molecule has 0 aliphatic rings. The summed E-state index contributed by atoms with van der Waals surface area (Å²) in [5.74, 6) is 0.270. The third-order valence-corrected chi connectivity index (χ3v) is 5.06. The summed E-state index contributed by atoms with van der Waals surface area (Å²) in [6, 6.07) is 3.63. The van der Waals surface area contributed by atoms with Gasteiger partial charge in [-0.1, -0.05) is 53.7 Å². The second kappa shape index (κ2) is 6.58. The van der Waals surface area contributed by atoms with Crippen LogP contribution in [0, 0.1) is 0 Å². The van der Waals surface area contributed by atoms with Crippen molar-refractivity contribution in [1.82, 2.24) is 0 Å². The van der Waals surface area contributed by atoms with Crippen molar-refractivity contribution < 1.29 is 19.1 Å². The Balaban J connectivity index is 3.43. The Labute approximate surface area is 140 Å². The van der Waals surface area contributed by atoms with E-state index in [-0.39, 0.29) is 28.8 Å². The zero-order chi connectivity index (χ0) is 18.2. The van der Waals surface area contributed by atoms with E-state index in [1.165, 1.54) is 0 Å². The van der Waals surface area contributed by atoms with Crippen molar-refractivity contribution in [3.63, 3.8) is 0 Å². The van der Waals surface area contributed by atoms with Gasteiger partial charge in [0.15, 0.2) is 0 Å². The molecule has 0 saturated carbocycles. The molecule has 1 rings (SSSR count). The average Bonchev–Trinajstić information content (AvgIpc) is 2.25. The summed E-state index contributed by atoms with van der Waals surface area (Å²) >= 11 is 0. The van der Waals surface area contributed by atoms with E-state index in [1.54, 1.807) is 13.8 Å². The molecular formula is C18H31O4P. The van der Waals surface area contributed by atoms with Gasteiger partial charge < -0.3 is 14.5 Å². The molecular weight excluding hydrogens is 311 g/mol. The van der Waals surface area contributed by atoms with Crippen LogP contribution < -0.4 is 0 Å². The number of rotatable bonds is 4. The molecule has 132 valence electrons. The Bertz CT molecular complexity index is 571. The maximum Gasteiger partial charge on any atom is 0.332 e. The molecule has 1 unspecified atom stereocenters. The molecule has 4 nitrogen and oxygen atoms in total. The number of hydrogen-bond acceptors (Lipinski definition) is 3. The second-order valence-electron chi connectivity index (χ2n) is 8.49. The van der Waals surface area contributed by atoms with E-state index in [0.29, 0.717) is 5.56 Å². The fraction of sp³-hybridized carbons (Fsp3) is 0.667. The number of aromatic hydroxyl groups is 1. The van der Waals surface area contributed by atoms with Gasteiger partial charge in [-0.3, -0.25) is 4.57 Å². The van der Waals surface area contributed by atoms with Gasteiger partial charge in [0.25, 0.3) is 0 Å². The van der Waals surface area contributed by atoms with Crippen LogP contribution in [0.25, 0.3) is 0 Å². The molecule has 1 aromatic carbocycles. The van der Waals surface area contributed by atoms with Crippen molar-refractivity contribution in [3.05, 3.63) is 28.8 Å². The molecule has 1 aromatic rings. The van der Waals surface area contributed by atoms with Crippen LogP contribution in [0.5, 0.6) is 5.75 Å². The quantitative estimate of drug-likeness (QED) is 0.747. The third-order valence-electron chi connectivity index (χ3n) is 3.54. The topological polar surface area (TPSA) is 66.8 Å². The maximum absolute atomic E-state index is 12.3. The van der Waals surface area contributed by atoms with Gasteiger partial charge in [0.05, 0.1) is 12.3 Å². The first-order valence-corrected chi connectivity index (χ1v) is 9.77. The zero-order valence-corrected chi connectivity index (χ0v) is 16.5. The lowest BCUT2D eigenvalue weighted by Crippen LogP contribution is -2.18. The van der Waals surface area contributed by atoms with Gasteiger partial charge in [-0.2, -0.15) is 0 Å². The minimum Gasteiger partial charge on any atom is -0.507 e. The van der Waals surface area contributed by atoms with Gasteiger partial charge >= 0.3 is 7.60 Å². The van der Waals surface area contributed by atoms with Crippen LogP contribution in [0.15, 0.2) is 12.1 Å². The summed E-state index contributed by atoms with van der Waals surface area (Å²) in [6.07, 6.45) is -0.371. The largest absolute Gasteiger partial charge is 0.507 e. The van der Waals surface area contributed by atoms with Crippen LogP contribution in [0.4, 0.5) is 0 Å². The molecule has 0 radical (unpaired) electrons. The predicted octanol–water partition coefficient (Wildman–Crippen LogP) is 5.10. The molecule has 0 aliphatic carbocycles. The van der Waals surface area contributed by atoms with E-state index in [4.69, 9.17) is 4.52 Å². The molecule has 0 saturated heterocycles. The third kappa shape index (κ3) is 5.63. The minimum absolute atomic E-state index is 0.0579. The summed E-state index contributed by atoms with van der Waals surface area (Å²) in [6.45, 7) is 15.6. The monoisotopic (exact) mass is 342 g/mol.